The Morgan fingerprint density at radius 3 is 2.50 bits per heavy atom. The molecule has 1 N–H and O–H groups in total. The van der Waals surface area contributed by atoms with E-state index < -0.39 is 0 Å². The Morgan fingerprint density at radius 2 is 1.81 bits per heavy atom. The lowest BCUT2D eigenvalue weighted by atomic mass is 9.95. The predicted octanol–water partition coefficient (Wildman–Crippen LogP) is 3.98. The van der Waals surface area contributed by atoms with E-state index in [2.05, 4.69) is 17.4 Å². The molecule has 1 aromatic rings. The maximum atomic E-state index is 6.29. The molecule has 16 heavy (non-hydrogen) atoms. The summed E-state index contributed by atoms with van der Waals surface area (Å²) in [5.41, 5.74) is 1.26. The molecule has 0 bridgehead atoms. The highest BCUT2D eigenvalue weighted by molar-refractivity contribution is 6.30. The van der Waals surface area contributed by atoms with Gasteiger partial charge in [0.1, 0.15) is 0 Å². The highest BCUT2D eigenvalue weighted by atomic mass is 35.5. The van der Waals surface area contributed by atoms with E-state index in [0.717, 1.165) is 18.0 Å². The zero-order chi connectivity index (χ0) is 11.4. The molecule has 88 valence electrons. The smallest absolute Gasteiger partial charge is 0.0489 e. The Bertz CT molecular complexity index is 323. The van der Waals surface area contributed by atoms with E-state index in [1.807, 2.05) is 12.1 Å². The van der Waals surface area contributed by atoms with Crippen LogP contribution >= 0.6 is 23.2 Å². The molecule has 2 unspecified atom stereocenters. The SMILES string of the molecule is Clc1ccc(CNC2CCCCC2Cl)cc1. The van der Waals surface area contributed by atoms with Gasteiger partial charge in [0.2, 0.25) is 0 Å². The Labute approximate surface area is 107 Å². The number of nitrogens with one attached hydrogen (secondary N) is 1. The molecule has 0 heterocycles. The van der Waals surface area contributed by atoms with Crippen LogP contribution < -0.4 is 5.32 Å². The maximum Gasteiger partial charge on any atom is 0.0489 e. The summed E-state index contributed by atoms with van der Waals surface area (Å²) in [5.74, 6) is 0. The molecule has 2 rings (SSSR count). The van der Waals surface area contributed by atoms with Crippen LogP contribution in [0.3, 0.4) is 0 Å². The largest absolute Gasteiger partial charge is 0.308 e. The van der Waals surface area contributed by atoms with Crippen molar-refractivity contribution < 1.29 is 0 Å². The average molecular weight is 258 g/mol. The van der Waals surface area contributed by atoms with Crippen LogP contribution in [0.2, 0.25) is 5.02 Å². The van der Waals surface area contributed by atoms with E-state index in [1.165, 1.54) is 24.8 Å². The van der Waals surface area contributed by atoms with Gasteiger partial charge in [0.25, 0.3) is 0 Å². The molecule has 1 nitrogen and oxygen atoms in total. The quantitative estimate of drug-likeness (QED) is 0.808. The van der Waals surface area contributed by atoms with Crippen LogP contribution in [0.5, 0.6) is 0 Å². The van der Waals surface area contributed by atoms with Gasteiger partial charge in [-0.2, -0.15) is 0 Å². The van der Waals surface area contributed by atoms with Crippen molar-refractivity contribution in [2.45, 2.75) is 43.6 Å². The van der Waals surface area contributed by atoms with Crippen molar-refractivity contribution in [2.24, 2.45) is 0 Å². The van der Waals surface area contributed by atoms with E-state index in [9.17, 15) is 0 Å². The monoisotopic (exact) mass is 257 g/mol. The van der Waals surface area contributed by atoms with Crippen molar-refractivity contribution in [3.05, 3.63) is 34.9 Å². The van der Waals surface area contributed by atoms with E-state index in [-0.39, 0.29) is 0 Å². The molecule has 0 spiro atoms. The van der Waals surface area contributed by atoms with Crippen molar-refractivity contribution in [3.8, 4) is 0 Å². The third-order valence-corrected chi connectivity index (χ3v) is 3.94. The fourth-order valence-corrected chi connectivity index (χ4v) is 2.66. The first kappa shape index (κ1) is 12.2. The molecular weight excluding hydrogens is 241 g/mol. The molecule has 0 radical (unpaired) electrons. The van der Waals surface area contributed by atoms with Crippen LogP contribution in [-0.2, 0) is 6.54 Å². The lowest BCUT2D eigenvalue weighted by Crippen LogP contribution is -2.38. The van der Waals surface area contributed by atoms with Crippen LogP contribution in [0.4, 0.5) is 0 Å². The minimum absolute atomic E-state index is 0.293. The topological polar surface area (TPSA) is 12.0 Å². The number of hydrogen-bond donors (Lipinski definition) is 1. The van der Waals surface area contributed by atoms with Gasteiger partial charge in [0.05, 0.1) is 0 Å². The van der Waals surface area contributed by atoms with Gasteiger partial charge in [-0.3, -0.25) is 0 Å². The molecule has 1 fully saturated rings. The number of rotatable bonds is 3. The summed E-state index contributed by atoms with van der Waals surface area (Å²) in [7, 11) is 0. The lowest BCUT2D eigenvalue weighted by Gasteiger charge is -2.28. The van der Waals surface area contributed by atoms with Crippen LogP contribution in [0, 0.1) is 0 Å². The molecule has 1 aliphatic rings. The van der Waals surface area contributed by atoms with E-state index in [1.54, 1.807) is 0 Å². The molecule has 0 saturated heterocycles. The van der Waals surface area contributed by atoms with Crippen LogP contribution in [0.15, 0.2) is 24.3 Å². The van der Waals surface area contributed by atoms with Gasteiger partial charge in [-0.15, -0.1) is 11.6 Å². The first-order valence-corrected chi connectivity index (χ1v) is 6.69. The summed E-state index contributed by atoms with van der Waals surface area (Å²) in [6, 6.07) is 8.43. The van der Waals surface area contributed by atoms with Gasteiger partial charge < -0.3 is 5.32 Å². The summed E-state index contributed by atoms with van der Waals surface area (Å²) in [5, 5.41) is 4.61. The average Bonchev–Trinajstić information content (AvgIpc) is 2.30. The predicted molar refractivity (Wildman–Crippen MR) is 70.2 cm³/mol. The molecule has 1 saturated carbocycles. The summed E-state index contributed by atoms with van der Waals surface area (Å²) >= 11 is 12.1. The van der Waals surface area contributed by atoms with Gasteiger partial charge >= 0.3 is 0 Å². The molecule has 3 heteroatoms. The lowest BCUT2D eigenvalue weighted by molar-refractivity contribution is 0.378. The van der Waals surface area contributed by atoms with Crippen molar-refractivity contribution in [2.75, 3.05) is 0 Å². The Hall–Kier alpha value is -0.240. The second kappa shape index (κ2) is 5.90. The van der Waals surface area contributed by atoms with Crippen LogP contribution in [0.25, 0.3) is 0 Å². The van der Waals surface area contributed by atoms with Crippen molar-refractivity contribution in [3.63, 3.8) is 0 Å². The van der Waals surface area contributed by atoms with Crippen molar-refractivity contribution in [1.82, 2.24) is 5.32 Å². The van der Waals surface area contributed by atoms with Gasteiger partial charge in [0, 0.05) is 23.0 Å². The fourth-order valence-electron chi connectivity index (χ4n) is 2.17. The van der Waals surface area contributed by atoms with Gasteiger partial charge in [-0.1, -0.05) is 36.6 Å². The van der Waals surface area contributed by atoms with E-state index >= 15 is 0 Å². The number of alkyl halides is 1. The second-order valence-corrected chi connectivity index (χ2v) is 5.41. The second-order valence-electron chi connectivity index (χ2n) is 4.41. The van der Waals surface area contributed by atoms with Gasteiger partial charge in [-0.25, -0.2) is 0 Å². The summed E-state index contributed by atoms with van der Waals surface area (Å²) < 4.78 is 0. The summed E-state index contributed by atoms with van der Waals surface area (Å²) in [4.78, 5) is 0. The number of hydrogen-bond acceptors (Lipinski definition) is 1. The minimum Gasteiger partial charge on any atom is -0.308 e. The molecule has 1 aliphatic carbocycles. The Morgan fingerprint density at radius 1 is 1.12 bits per heavy atom. The molecule has 2 atom stereocenters. The number of benzene rings is 1. The summed E-state index contributed by atoms with van der Waals surface area (Å²) in [6.07, 6.45) is 4.90. The van der Waals surface area contributed by atoms with Crippen molar-refractivity contribution >= 4 is 23.2 Å². The first-order valence-electron chi connectivity index (χ1n) is 5.87. The normalized spacial score (nSPS) is 25.6. The zero-order valence-electron chi connectivity index (χ0n) is 9.26. The standard InChI is InChI=1S/C13H17Cl2N/c14-11-7-5-10(6-8-11)9-16-13-4-2-1-3-12(13)15/h5-8,12-13,16H,1-4,9H2. The fraction of sp³-hybridized carbons (Fsp3) is 0.538. The van der Waals surface area contributed by atoms with Crippen LogP contribution in [-0.4, -0.2) is 11.4 Å². The van der Waals surface area contributed by atoms with Crippen LogP contribution in [0.1, 0.15) is 31.2 Å². The highest BCUT2D eigenvalue weighted by Crippen LogP contribution is 2.23. The molecular formula is C13H17Cl2N. The summed E-state index contributed by atoms with van der Waals surface area (Å²) in [6.45, 7) is 0.880. The Balaban J connectivity index is 1.84. The minimum atomic E-state index is 0.293. The third kappa shape index (κ3) is 3.38. The molecule has 0 amide bonds. The molecule has 0 aromatic heterocycles. The Kier molecular flexibility index (Phi) is 4.51. The maximum absolute atomic E-state index is 6.29. The van der Waals surface area contributed by atoms with Gasteiger partial charge in [0.15, 0.2) is 0 Å². The highest BCUT2D eigenvalue weighted by Gasteiger charge is 2.22. The van der Waals surface area contributed by atoms with Gasteiger partial charge in [-0.05, 0) is 30.5 Å². The molecule has 0 aliphatic heterocycles. The first-order chi connectivity index (χ1) is 7.75. The van der Waals surface area contributed by atoms with E-state index in [0.29, 0.717) is 11.4 Å². The number of halogens is 2. The van der Waals surface area contributed by atoms with Crippen molar-refractivity contribution in [1.29, 1.82) is 0 Å². The third-order valence-electron chi connectivity index (χ3n) is 3.16. The molecule has 1 aromatic carbocycles. The van der Waals surface area contributed by atoms with E-state index in [4.69, 9.17) is 23.2 Å². The zero-order valence-corrected chi connectivity index (χ0v) is 10.8.